The number of carbonyl (C=O) groups is 1. The quantitative estimate of drug-likeness (QED) is 0.428. The van der Waals surface area contributed by atoms with E-state index in [9.17, 15) is 9.18 Å². The van der Waals surface area contributed by atoms with Crippen molar-refractivity contribution in [2.24, 2.45) is 5.73 Å². The van der Waals surface area contributed by atoms with E-state index in [1.807, 2.05) is 6.07 Å². The second-order valence-electron chi connectivity index (χ2n) is 7.33. The minimum absolute atomic E-state index is 0.232. The third kappa shape index (κ3) is 3.35. The fourth-order valence-corrected chi connectivity index (χ4v) is 3.83. The zero-order chi connectivity index (χ0) is 22.2. The number of rotatable bonds is 6. The first kappa shape index (κ1) is 19.7. The monoisotopic (exact) mass is 433 g/mol. The Hall–Kier alpha value is -4.21. The molecular formula is C22H20FN7O2. The van der Waals surface area contributed by atoms with E-state index in [0.29, 0.717) is 29.3 Å². The normalized spacial score (nSPS) is 12.4. The maximum Gasteiger partial charge on any atom is 0.304 e. The SMILES string of the molecule is COc1nc2c(C(N)=O)cccc2n1-c1nc2c(c(NCc3cccc(F)c3)n1)NCC2. The Morgan fingerprint density at radius 3 is 2.88 bits per heavy atom. The highest BCUT2D eigenvalue weighted by Crippen LogP contribution is 2.32. The lowest BCUT2D eigenvalue weighted by Gasteiger charge is -2.14. The molecule has 0 saturated heterocycles. The number of carbonyl (C=O) groups excluding carboxylic acids is 1. The molecule has 3 heterocycles. The van der Waals surface area contributed by atoms with Gasteiger partial charge in [0.1, 0.15) is 11.3 Å². The number of hydrogen-bond donors (Lipinski definition) is 3. The number of para-hydroxylation sites is 1. The number of ether oxygens (including phenoxy) is 1. The topological polar surface area (TPSA) is 120 Å². The molecule has 0 fully saturated rings. The largest absolute Gasteiger partial charge is 0.468 e. The van der Waals surface area contributed by atoms with E-state index in [-0.39, 0.29) is 17.4 Å². The number of nitrogens with one attached hydrogen (secondary N) is 2. The fourth-order valence-electron chi connectivity index (χ4n) is 3.83. The van der Waals surface area contributed by atoms with E-state index < -0.39 is 5.91 Å². The molecule has 0 aliphatic carbocycles. The second kappa shape index (κ2) is 7.80. The summed E-state index contributed by atoms with van der Waals surface area (Å²) in [6.45, 7) is 1.12. The van der Waals surface area contributed by atoms with Crippen LogP contribution in [0.4, 0.5) is 15.9 Å². The predicted molar refractivity (Wildman–Crippen MR) is 118 cm³/mol. The van der Waals surface area contributed by atoms with Crippen molar-refractivity contribution in [1.29, 1.82) is 0 Å². The molecule has 0 bridgehead atoms. The zero-order valence-corrected chi connectivity index (χ0v) is 17.2. The van der Waals surface area contributed by atoms with Crippen LogP contribution in [-0.2, 0) is 13.0 Å². The second-order valence-corrected chi connectivity index (χ2v) is 7.33. The lowest BCUT2D eigenvalue weighted by atomic mass is 10.2. The Morgan fingerprint density at radius 2 is 2.09 bits per heavy atom. The highest BCUT2D eigenvalue weighted by molar-refractivity contribution is 6.04. The highest BCUT2D eigenvalue weighted by atomic mass is 19.1. The first-order valence-electron chi connectivity index (χ1n) is 10.0. The molecule has 32 heavy (non-hydrogen) atoms. The van der Waals surface area contributed by atoms with Crippen LogP contribution in [0.3, 0.4) is 0 Å². The molecule has 2 aromatic carbocycles. The number of fused-ring (bicyclic) bond motifs is 2. The molecule has 0 unspecified atom stereocenters. The van der Waals surface area contributed by atoms with E-state index in [2.05, 4.69) is 15.6 Å². The molecule has 0 atom stereocenters. The molecule has 0 saturated carbocycles. The lowest BCUT2D eigenvalue weighted by Crippen LogP contribution is -2.12. The molecular weight excluding hydrogens is 413 g/mol. The number of amides is 1. The number of benzene rings is 2. The number of nitrogens with two attached hydrogens (primary N) is 1. The maximum absolute atomic E-state index is 13.6. The van der Waals surface area contributed by atoms with E-state index in [4.69, 9.17) is 20.4 Å². The Labute approximate surface area is 182 Å². The van der Waals surface area contributed by atoms with Gasteiger partial charge in [0, 0.05) is 19.5 Å². The number of imidazole rings is 1. The van der Waals surface area contributed by atoms with Crippen LogP contribution in [0.2, 0.25) is 0 Å². The number of hydrogen-bond acceptors (Lipinski definition) is 7. The molecule has 0 radical (unpaired) electrons. The van der Waals surface area contributed by atoms with Gasteiger partial charge < -0.3 is 21.1 Å². The third-order valence-electron chi connectivity index (χ3n) is 5.29. The standard InChI is InChI=1S/C22H20FN7O2/c1-32-22-28-17-14(19(24)31)6-3-7-16(17)30(22)21-27-15-8-9-25-18(15)20(29-21)26-11-12-4-2-5-13(23)10-12/h2-7,10,25H,8-9,11H2,1H3,(H2,24,31)(H,26,27,29). The molecule has 10 heteroatoms. The minimum Gasteiger partial charge on any atom is -0.468 e. The van der Waals surface area contributed by atoms with E-state index in [1.54, 1.807) is 28.8 Å². The molecule has 5 rings (SSSR count). The van der Waals surface area contributed by atoms with Crippen LogP contribution >= 0.6 is 0 Å². The summed E-state index contributed by atoms with van der Waals surface area (Å²) in [6, 6.07) is 11.7. The van der Waals surface area contributed by atoms with Crippen LogP contribution in [0.25, 0.3) is 17.0 Å². The van der Waals surface area contributed by atoms with Crippen molar-refractivity contribution >= 4 is 28.4 Å². The summed E-state index contributed by atoms with van der Waals surface area (Å²) in [7, 11) is 1.49. The molecule has 9 nitrogen and oxygen atoms in total. The lowest BCUT2D eigenvalue weighted by molar-refractivity contribution is 0.100. The van der Waals surface area contributed by atoms with Crippen LogP contribution in [0.5, 0.6) is 6.01 Å². The highest BCUT2D eigenvalue weighted by Gasteiger charge is 2.24. The van der Waals surface area contributed by atoms with Crippen molar-refractivity contribution in [1.82, 2.24) is 19.5 Å². The number of anilines is 2. The van der Waals surface area contributed by atoms with Crippen LogP contribution in [0.1, 0.15) is 21.6 Å². The number of methoxy groups -OCH3 is 1. The van der Waals surface area contributed by atoms with E-state index >= 15 is 0 Å². The molecule has 1 aliphatic heterocycles. The van der Waals surface area contributed by atoms with Crippen LogP contribution in [0, 0.1) is 5.82 Å². The summed E-state index contributed by atoms with van der Waals surface area (Å²) in [5, 5.41) is 6.58. The molecule has 2 aromatic heterocycles. The van der Waals surface area contributed by atoms with Crippen molar-refractivity contribution in [2.75, 3.05) is 24.3 Å². The van der Waals surface area contributed by atoms with Crippen LogP contribution < -0.4 is 21.1 Å². The van der Waals surface area contributed by atoms with Gasteiger partial charge in [0.2, 0.25) is 5.95 Å². The van der Waals surface area contributed by atoms with Gasteiger partial charge >= 0.3 is 6.01 Å². The summed E-state index contributed by atoms with van der Waals surface area (Å²) < 4.78 is 20.7. The Bertz CT molecular complexity index is 1350. The van der Waals surface area contributed by atoms with Gasteiger partial charge in [-0.1, -0.05) is 18.2 Å². The van der Waals surface area contributed by atoms with Gasteiger partial charge in [-0.05, 0) is 29.8 Å². The van der Waals surface area contributed by atoms with Gasteiger partial charge in [-0.25, -0.2) is 13.9 Å². The van der Waals surface area contributed by atoms with Gasteiger partial charge in [-0.2, -0.15) is 9.97 Å². The van der Waals surface area contributed by atoms with Crippen LogP contribution in [-0.4, -0.2) is 39.1 Å². The molecule has 4 N–H and O–H groups in total. The summed E-state index contributed by atoms with van der Waals surface area (Å²) in [5.41, 5.74) is 9.25. The summed E-state index contributed by atoms with van der Waals surface area (Å²) in [4.78, 5) is 25.7. The summed E-state index contributed by atoms with van der Waals surface area (Å²) in [6.07, 6.45) is 0.723. The number of nitrogens with zero attached hydrogens (tertiary/aromatic N) is 4. The van der Waals surface area contributed by atoms with Gasteiger partial charge in [0.05, 0.1) is 29.6 Å². The van der Waals surface area contributed by atoms with Crippen molar-refractivity contribution in [3.05, 3.63) is 65.1 Å². The van der Waals surface area contributed by atoms with E-state index in [0.717, 1.165) is 29.9 Å². The number of halogens is 1. The average molecular weight is 433 g/mol. The van der Waals surface area contributed by atoms with Gasteiger partial charge in [-0.15, -0.1) is 0 Å². The minimum atomic E-state index is -0.584. The summed E-state index contributed by atoms with van der Waals surface area (Å²) in [5.74, 6) is 0.0483. The van der Waals surface area contributed by atoms with Gasteiger partial charge in [-0.3, -0.25) is 4.79 Å². The average Bonchev–Trinajstić information content (AvgIpc) is 3.41. The maximum atomic E-state index is 13.6. The predicted octanol–water partition coefficient (Wildman–Crippen LogP) is 2.64. The van der Waals surface area contributed by atoms with Gasteiger partial charge in [0.15, 0.2) is 5.82 Å². The van der Waals surface area contributed by atoms with Crippen molar-refractivity contribution in [3.8, 4) is 12.0 Å². The van der Waals surface area contributed by atoms with E-state index in [1.165, 1.54) is 19.2 Å². The molecule has 0 spiro atoms. The third-order valence-corrected chi connectivity index (χ3v) is 5.29. The summed E-state index contributed by atoms with van der Waals surface area (Å²) >= 11 is 0. The van der Waals surface area contributed by atoms with Crippen LogP contribution in [0.15, 0.2) is 42.5 Å². The Balaban J connectivity index is 1.62. The van der Waals surface area contributed by atoms with Crippen molar-refractivity contribution < 1.29 is 13.9 Å². The molecule has 162 valence electrons. The Morgan fingerprint density at radius 1 is 1.25 bits per heavy atom. The first-order chi connectivity index (χ1) is 15.5. The van der Waals surface area contributed by atoms with Gasteiger partial charge in [0.25, 0.3) is 5.91 Å². The molecule has 1 amide bonds. The zero-order valence-electron chi connectivity index (χ0n) is 17.2. The smallest absolute Gasteiger partial charge is 0.304 e. The Kier molecular flexibility index (Phi) is 4.81. The number of primary amides is 1. The van der Waals surface area contributed by atoms with Crippen molar-refractivity contribution in [2.45, 2.75) is 13.0 Å². The first-order valence-corrected chi connectivity index (χ1v) is 10.0. The van der Waals surface area contributed by atoms with Crippen molar-refractivity contribution in [3.63, 3.8) is 0 Å². The number of aromatic nitrogens is 4. The molecule has 4 aromatic rings. The molecule has 1 aliphatic rings. The fraction of sp³-hybridized carbons (Fsp3) is 0.182.